The number of amides is 1. The van der Waals surface area contributed by atoms with Gasteiger partial charge in [-0.3, -0.25) is 4.79 Å². The minimum atomic E-state index is -0.0238. The maximum absolute atomic E-state index is 12.0. The van der Waals surface area contributed by atoms with E-state index in [1.165, 1.54) is 0 Å². The van der Waals surface area contributed by atoms with Crippen LogP contribution in [0.1, 0.15) is 32.4 Å². The van der Waals surface area contributed by atoms with E-state index in [4.69, 9.17) is 4.74 Å². The van der Waals surface area contributed by atoms with E-state index in [2.05, 4.69) is 0 Å². The topological polar surface area (TPSA) is 29.5 Å². The summed E-state index contributed by atoms with van der Waals surface area (Å²) >= 11 is 0. The summed E-state index contributed by atoms with van der Waals surface area (Å²) in [4.78, 5) is 13.7. The number of ether oxygens (including phenoxy) is 1. The number of carbonyl (C=O) groups is 1. The standard InChI is InChI=1S/C15H21NO2/c1-11(2)10-15(17)16(4)12(3)13-8-6-7-9-14(13)18-5/h6-10,12H,1-5H3. The predicted octanol–water partition coefficient (Wildman–Crippen LogP) is 3.18. The smallest absolute Gasteiger partial charge is 0.246 e. The average molecular weight is 247 g/mol. The summed E-state index contributed by atoms with van der Waals surface area (Å²) in [6.45, 7) is 5.83. The van der Waals surface area contributed by atoms with Crippen LogP contribution < -0.4 is 4.74 Å². The van der Waals surface area contributed by atoms with Crippen LogP contribution in [-0.4, -0.2) is 25.0 Å². The van der Waals surface area contributed by atoms with Crippen molar-refractivity contribution in [1.29, 1.82) is 0 Å². The van der Waals surface area contributed by atoms with Crippen molar-refractivity contribution in [2.24, 2.45) is 0 Å². The summed E-state index contributed by atoms with van der Waals surface area (Å²) in [5.41, 5.74) is 2.01. The van der Waals surface area contributed by atoms with Crippen LogP contribution in [0, 0.1) is 0 Å². The number of benzene rings is 1. The molecule has 3 heteroatoms. The monoisotopic (exact) mass is 247 g/mol. The van der Waals surface area contributed by atoms with Gasteiger partial charge in [0.05, 0.1) is 13.2 Å². The van der Waals surface area contributed by atoms with Crippen LogP contribution in [0.4, 0.5) is 0 Å². The van der Waals surface area contributed by atoms with Crippen molar-refractivity contribution in [1.82, 2.24) is 4.90 Å². The van der Waals surface area contributed by atoms with Gasteiger partial charge in [-0.15, -0.1) is 0 Å². The minimum absolute atomic E-state index is 0.00778. The molecular formula is C15H21NO2. The second kappa shape index (κ2) is 6.24. The van der Waals surface area contributed by atoms with E-state index >= 15 is 0 Å². The first-order chi connectivity index (χ1) is 8.47. The Hall–Kier alpha value is -1.77. The molecule has 0 spiro atoms. The normalized spacial score (nSPS) is 11.6. The molecule has 0 saturated carbocycles. The van der Waals surface area contributed by atoms with E-state index in [9.17, 15) is 4.79 Å². The van der Waals surface area contributed by atoms with Gasteiger partial charge in [0, 0.05) is 18.7 Å². The van der Waals surface area contributed by atoms with Crippen molar-refractivity contribution in [2.45, 2.75) is 26.8 Å². The lowest BCUT2D eigenvalue weighted by molar-refractivity contribution is -0.126. The van der Waals surface area contributed by atoms with Gasteiger partial charge in [-0.05, 0) is 26.8 Å². The highest BCUT2D eigenvalue weighted by Crippen LogP contribution is 2.28. The molecule has 0 saturated heterocycles. The highest BCUT2D eigenvalue weighted by molar-refractivity contribution is 5.88. The Morgan fingerprint density at radius 2 is 1.94 bits per heavy atom. The number of likely N-dealkylation sites (N-methyl/N-ethyl adjacent to an activating group) is 1. The van der Waals surface area contributed by atoms with Crippen molar-refractivity contribution in [3.63, 3.8) is 0 Å². The highest BCUT2D eigenvalue weighted by atomic mass is 16.5. The summed E-state index contributed by atoms with van der Waals surface area (Å²) in [7, 11) is 3.45. The molecule has 0 aliphatic carbocycles. The number of allylic oxidation sites excluding steroid dienone is 1. The zero-order chi connectivity index (χ0) is 13.7. The molecule has 1 aromatic carbocycles. The van der Waals surface area contributed by atoms with Crippen LogP contribution in [-0.2, 0) is 4.79 Å². The molecule has 0 aliphatic heterocycles. The maximum atomic E-state index is 12.0. The number of methoxy groups -OCH3 is 1. The average Bonchev–Trinajstić information content (AvgIpc) is 2.36. The third kappa shape index (κ3) is 3.36. The summed E-state index contributed by atoms with van der Waals surface area (Å²) < 4.78 is 5.32. The molecule has 1 atom stereocenters. The molecular weight excluding hydrogens is 226 g/mol. The number of hydrogen-bond acceptors (Lipinski definition) is 2. The maximum Gasteiger partial charge on any atom is 0.246 e. The molecule has 0 bridgehead atoms. The van der Waals surface area contributed by atoms with Crippen LogP contribution in [0.5, 0.6) is 5.75 Å². The van der Waals surface area contributed by atoms with Gasteiger partial charge in [0.25, 0.3) is 0 Å². The van der Waals surface area contributed by atoms with Gasteiger partial charge in [-0.25, -0.2) is 0 Å². The van der Waals surface area contributed by atoms with Crippen LogP contribution >= 0.6 is 0 Å². The van der Waals surface area contributed by atoms with E-state index in [0.717, 1.165) is 16.9 Å². The van der Waals surface area contributed by atoms with Crippen molar-refractivity contribution in [3.05, 3.63) is 41.5 Å². The molecule has 0 radical (unpaired) electrons. The van der Waals surface area contributed by atoms with E-state index in [-0.39, 0.29) is 11.9 Å². The number of rotatable bonds is 4. The van der Waals surface area contributed by atoms with E-state index in [1.807, 2.05) is 45.0 Å². The molecule has 0 fully saturated rings. The van der Waals surface area contributed by atoms with Crippen LogP contribution in [0.15, 0.2) is 35.9 Å². The fourth-order valence-electron chi connectivity index (χ4n) is 1.76. The Bertz CT molecular complexity index is 448. The van der Waals surface area contributed by atoms with Gasteiger partial charge in [0.2, 0.25) is 5.91 Å². The molecule has 1 unspecified atom stereocenters. The SMILES string of the molecule is COc1ccccc1C(C)N(C)C(=O)C=C(C)C. The Morgan fingerprint density at radius 3 is 2.50 bits per heavy atom. The van der Waals surface area contributed by atoms with Crippen LogP contribution in [0.2, 0.25) is 0 Å². The number of para-hydroxylation sites is 1. The van der Waals surface area contributed by atoms with Crippen molar-refractivity contribution >= 4 is 5.91 Å². The third-order valence-electron chi connectivity index (χ3n) is 2.93. The van der Waals surface area contributed by atoms with Gasteiger partial charge < -0.3 is 9.64 Å². The van der Waals surface area contributed by atoms with Crippen molar-refractivity contribution < 1.29 is 9.53 Å². The molecule has 98 valence electrons. The molecule has 0 heterocycles. The van der Waals surface area contributed by atoms with Crippen molar-refractivity contribution in [2.75, 3.05) is 14.2 Å². The third-order valence-corrected chi connectivity index (χ3v) is 2.93. The summed E-state index contributed by atoms with van der Waals surface area (Å²) in [6, 6.07) is 7.74. The Kier molecular flexibility index (Phi) is 4.95. The Balaban J connectivity index is 2.96. The van der Waals surface area contributed by atoms with Crippen LogP contribution in [0.25, 0.3) is 0 Å². The lowest BCUT2D eigenvalue weighted by atomic mass is 10.1. The molecule has 18 heavy (non-hydrogen) atoms. The highest BCUT2D eigenvalue weighted by Gasteiger charge is 2.18. The molecule has 1 aromatic rings. The first-order valence-electron chi connectivity index (χ1n) is 6.02. The predicted molar refractivity (Wildman–Crippen MR) is 73.6 cm³/mol. The molecule has 1 amide bonds. The van der Waals surface area contributed by atoms with Gasteiger partial charge in [0.1, 0.15) is 5.75 Å². The second-order valence-electron chi connectivity index (χ2n) is 4.59. The zero-order valence-corrected chi connectivity index (χ0v) is 11.7. The quantitative estimate of drug-likeness (QED) is 0.765. The van der Waals surface area contributed by atoms with Crippen LogP contribution in [0.3, 0.4) is 0 Å². The molecule has 0 aromatic heterocycles. The summed E-state index contributed by atoms with van der Waals surface area (Å²) in [5.74, 6) is 0.815. The fraction of sp³-hybridized carbons (Fsp3) is 0.400. The Morgan fingerprint density at radius 1 is 1.33 bits per heavy atom. The Labute approximate surface area is 109 Å². The van der Waals surface area contributed by atoms with Gasteiger partial charge in [-0.2, -0.15) is 0 Å². The van der Waals surface area contributed by atoms with Gasteiger partial charge in [-0.1, -0.05) is 23.8 Å². The molecule has 0 aliphatic rings. The largest absolute Gasteiger partial charge is 0.496 e. The zero-order valence-electron chi connectivity index (χ0n) is 11.7. The molecule has 3 nitrogen and oxygen atoms in total. The van der Waals surface area contributed by atoms with Gasteiger partial charge >= 0.3 is 0 Å². The van der Waals surface area contributed by atoms with Gasteiger partial charge in [0.15, 0.2) is 0 Å². The first kappa shape index (κ1) is 14.3. The number of carbonyl (C=O) groups excluding carboxylic acids is 1. The van der Waals surface area contributed by atoms with E-state index in [1.54, 1.807) is 25.1 Å². The minimum Gasteiger partial charge on any atom is -0.496 e. The number of hydrogen-bond donors (Lipinski definition) is 0. The molecule has 1 rings (SSSR count). The van der Waals surface area contributed by atoms with E-state index in [0.29, 0.717) is 0 Å². The van der Waals surface area contributed by atoms with E-state index < -0.39 is 0 Å². The number of nitrogens with zero attached hydrogens (tertiary/aromatic N) is 1. The summed E-state index contributed by atoms with van der Waals surface area (Å²) in [5, 5.41) is 0. The van der Waals surface area contributed by atoms with Crippen molar-refractivity contribution in [3.8, 4) is 5.75 Å². The lowest BCUT2D eigenvalue weighted by Gasteiger charge is -2.25. The summed E-state index contributed by atoms with van der Waals surface area (Å²) in [6.07, 6.45) is 1.64. The fourth-order valence-corrected chi connectivity index (χ4v) is 1.76. The first-order valence-corrected chi connectivity index (χ1v) is 6.02. The lowest BCUT2D eigenvalue weighted by Crippen LogP contribution is -2.28. The molecule has 0 N–H and O–H groups in total. The second-order valence-corrected chi connectivity index (χ2v) is 4.59.